The van der Waals surface area contributed by atoms with Crippen LogP contribution in [0.2, 0.25) is 5.02 Å². The summed E-state index contributed by atoms with van der Waals surface area (Å²) in [5, 5.41) is 4.29. The Morgan fingerprint density at radius 2 is 2.03 bits per heavy atom. The van der Waals surface area contributed by atoms with Gasteiger partial charge in [-0.2, -0.15) is 4.98 Å². The Morgan fingerprint density at radius 3 is 2.81 bits per heavy atom. The molecule has 0 radical (unpaired) electrons. The first-order valence-corrected chi connectivity index (χ1v) is 11.4. The summed E-state index contributed by atoms with van der Waals surface area (Å²) in [6.07, 6.45) is 1.43. The summed E-state index contributed by atoms with van der Waals surface area (Å²) in [4.78, 5) is 27.5. The number of amides is 1. The highest BCUT2D eigenvalue weighted by atomic mass is 35.5. The van der Waals surface area contributed by atoms with E-state index in [4.69, 9.17) is 11.6 Å². The van der Waals surface area contributed by atoms with E-state index in [1.165, 1.54) is 47.1 Å². The number of thiazole rings is 1. The third kappa shape index (κ3) is 5.30. The summed E-state index contributed by atoms with van der Waals surface area (Å²) < 4.78 is 14.7. The van der Waals surface area contributed by atoms with Crippen LogP contribution in [0.15, 0.2) is 59.9 Å². The first kappa shape index (κ1) is 21.5. The zero-order valence-electron chi connectivity index (χ0n) is 16.4. The van der Waals surface area contributed by atoms with Crippen LogP contribution in [0.4, 0.5) is 15.2 Å². The Morgan fingerprint density at radius 1 is 1.23 bits per heavy atom. The molecule has 0 unspecified atom stereocenters. The van der Waals surface area contributed by atoms with Gasteiger partial charge in [0.2, 0.25) is 5.91 Å². The highest BCUT2D eigenvalue weighted by Crippen LogP contribution is 2.33. The molecule has 158 valence electrons. The van der Waals surface area contributed by atoms with Crippen molar-refractivity contribution in [3.05, 3.63) is 71.3 Å². The van der Waals surface area contributed by atoms with Crippen molar-refractivity contribution in [1.82, 2.24) is 15.0 Å². The number of carbonyl (C=O) groups excluding carboxylic acids is 1. The molecule has 0 bridgehead atoms. The van der Waals surface area contributed by atoms with Gasteiger partial charge in [-0.15, -0.1) is 0 Å². The average Bonchev–Trinajstić information content (AvgIpc) is 3.20. The number of benzene rings is 2. The maximum atomic E-state index is 13.9. The van der Waals surface area contributed by atoms with Crippen molar-refractivity contribution in [2.75, 3.05) is 23.0 Å². The lowest BCUT2D eigenvalue weighted by atomic mass is 10.2. The monoisotopic (exact) mass is 473 g/mol. The fourth-order valence-corrected chi connectivity index (χ4v) is 4.83. The van der Waals surface area contributed by atoms with Crippen LogP contribution in [0.5, 0.6) is 0 Å². The standard InChI is InChI=1S/C21H17ClFN5OS2/c1-28(10-13-5-3-2-4-6-13)21-27-19-18(31-21)20(25-12-24-19)30-11-17(29)26-16-8-7-14(22)9-15(16)23/h2-9,12H,10-11H2,1H3,(H,26,29). The van der Waals surface area contributed by atoms with E-state index in [2.05, 4.69) is 32.4 Å². The van der Waals surface area contributed by atoms with E-state index in [-0.39, 0.29) is 22.4 Å². The number of hydrogen-bond acceptors (Lipinski definition) is 7. The quantitative estimate of drug-likeness (QED) is 0.292. The first-order chi connectivity index (χ1) is 15.0. The van der Waals surface area contributed by atoms with Crippen molar-refractivity contribution in [3.63, 3.8) is 0 Å². The number of rotatable bonds is 7. The number of nitrogens with one attached hydrogen (secondary N) is 1. The maximum Gasteiger partial charge on any atom is 0.234 e. The molecule has 1 amide bonds. The molecule has 0 saturated heterocycles. The summed E-state index contributed by atoms with van der Waals surface area (Å²) in [5.74, 6) is -0.853. The lowest BCUT2D eigenvalue weighted by Crippen LogP contribution is -2.15. The van der Waals surface area contributed by atoms with Crippen LogP contribution in [0.1, 0.15) is 5.56 Å². The van der Waals surface area contributed by atoms with E-state index < -0.39 is 5.82 Å². The Kier molecular flexibility index (Phi) is 6.64. The van der Waals surface area contributed by atoms with Crippen LogP contribution in [0.3, 0.4) is 0 Å². The van der Waals surface area contributed by atoms with Gasteiger partial charge in [-0.05, 0) is 23.8 Å². The molecule has 0 fully saturated rings. The molecule has 1 N–H and O–H groups in total. The van der Waals surface area contributed by atoms with Crippen LogP contribution in [0, 0.1) is 5.82 Å². The number of carbonyl (C=O) groups is 1. The van der Waals surface area contributed by atoms with Crippen LogP contribution in [-0.2, 0) is 11.3 Å². The summed E-state index contributed by atoms with van der Waals surface area (Å²) >= 11 is 8.47. The molecule has 0 aliphatic rings. The smallest absolute Gasteiger partial charge is 0.234 e. The second-order valence-electron chi connectivity index (χ2n) is 6.63. The van der Waals surface area contributed by atoms with Gasteiger partial charge < -0.3 is 10.2 Å². The van der Waals surface area contributed by atoms with Crippen molar-refractivity contribution < 1.29 is 9.18 Å². The van der Waals surface area contributed by atoms with Crippen LogP contribution >= 0.6 is 34.7 Å². The fraction of sp³-hybridized carbons (Fsp3) is 0.143. The third-order valence-corrected chi connectivity index (χ3v) is 6.80. The Bertz CT molecular complexity index is 1220. The molecular formula is C21H17ClFN5OS2. The lowest BCUT2D eigenvalue weighted by Gasteiger charge is -2.15. The van der Waals surface area contributed by atoms with Crippen molar-refractivity contribution in [2.24, 2.45) is 0 Å². The average molecular weight is 474 g/mol. The number of anilines is 2. The lowest BCUT2D eigenvalue weighted by molar-refractivity contribution is -0.113. The largest absolute Gasteiger partial charge is 0.347 e. The molecule has 0 aliphatic carbocycles. The van der Waals surface area contributed by atoms with E-state index in [1.807, 2.05) is 30.1 Å². The Balaban J connectivity index is 1.45. The van der Waals surface area contributed by atoms with Gasteiger partial charge in [0.05, 0.1) is 11.4 Å². The number of hydrogen-bond donors (Lipinski definition) is 1. The SMILES string of the molecule is CN(Cc1ccccc1)c1nc2ncnc(SCC(=O)Nc3ccc(Cl)cc3F)c2s1. The van der Waals surface area contributed by atoms with Crippen molar-refractivity contribution in [3.8, 4) is 0 Å². The van der Waals surface area contributed by atoms with Gasteiger partial charge >= 0.3 is 0 Å². The molecular weight excluding hydrogens is 457 g/mol. The van der Waals surface area contributed by atoms with E-state index >= 15 is 0 Å². The van der Waals surface area contributed by atoms with Gasteiger partial charge in [0, 0.05) is 18.6 Å². The normalized spacial score (nSPS) is 10.9. The topological polar surface area (TPSA) is 71.0 Å². The van der Waals surface area contributed by atoms with Gasteiger partial charge in [0.25, 0.3) is 0 Å². The number of nitrogens with zero attached hydrogens (tertiary/aromatic N) is 4. The maximum absolute atomic E-state index is 13.9. The fourth-order valence-electron chi connectivity index (χ4n) is 2.82. The zero-order chi connectivity index (χ0) is 21.8. The summed E-state index contributed by atoms with van der Waals surface area (Å²) in [6.45, 7) is 0.714. The Labute approximate surface area is 191 Å². The second kappa shape index (κ2) is 9.59. The van der Waals surface area contributed by atoms with Gasteiger partial charge in [-0.1, -0.05) is 65.0 Å². The van der Waals surface area contributed by atoms with E-state index in [0.717, 1.165) is 15.9 Å². The third-order valence-electron chi connectivity index (χ3n) is 4.28. The van der Waals surface area contributed by atoms with Gasteiger partial charge in [-0.25, -0.2) is 14.4 Å². The van der Waals surface area contributed by atoms with Gasteiger partial charge in [0.1, 0.15) is 21.9 Å². The molecule has 4 rings (SSSR count). The molecule has 4 aromatic rings. The number of aromatic nitrogens is 3. The minimum absolute atomic E-state index is 0.0707. The molecule has 6 nitrogen and oxygen atoms in total. The number of halogens is 2. The van der Waals surface area contributed by atoms with Crippen molar-refractivity contribution in [1.29, 1.82) is 0 Å². The number of fused-ring (bicyclic) bond motifs is 1. The molecule has 0 saturated carbocycles. The van der Waals surface area contributed by atoms with Gasteiger partial charge in [0.15, 0.2) is 10.8 Å². The molecule has 0 spiro atoms. The molecule has 10 heteroatoms. The molecule has 0 aliphatic heterocycles. The Hall–Kier alpha value is -2.75. The molecule has 31 heavy (non-hydrogen) atoms. The van der Waals surface area contributed by atoms with Crippen LogP contribution in [-0.4, -0.2) is 33.7 Å². The van der Waals surface area contributed by atoms with E-state index in [9.17, 15) is 9.18 Å². The predicted molar refractivity (Wildman–Crippen MR) is 125 cm³/mol. The summed E-state index contributed by atoms with van der Waals surface area (Å²) in [6, 6.07) is 14.2. The van der Waals surface area contributed by atoms with Gasteiger partial charge in [-0.3, -0.25) is 4.79 Å². The highest BCUT2D eigenvalue weighted by molar-refractivity contribution is 8.00. The van der Waals surface area contributed by atoms with E-state index in [0.29, 0.717) is 17.2 Å². The summed E-state index contributed by atoms with van der Waals surface area (Å²) in [5.41, 5.74) is 1.85. The minimum Gasteiger partial charge on any atom is -0.347 e. The number of thioether (sulfide) groups is 1. The second-order valence-corrected chi connectivity index (χ2v) is 9.01. The highest BCUT2D eigenvalue weighted by Gasteiger charge is 2.16. The summed E-state index contributed by atoms with van der Waals surface area (Å²) in [7, 11) is 1.97. The van der Waals surface area contributed by atoms with Crippen molar-refractivity contribution in [2.45, 2.75) is 11.6 Å². The first-order valence-electron chi connectivity index (χ1n) is 9.24. The zero-order valence-corrected chi connectivity index (χ0v) is 18.8. The molecule has 2 aromatic heterocycles. The van der Waals surface area contributed by atoms with Crippen LogP contribution < -0.4 is 10.2 Å². The molecule has 2 heterocycles. The van der Waals surface area contributed by atoms with E-state index in [1.54, 1.807) is 0 Å². The molecule has 2 aromatic carbocycles. The van der Waals surface area contributed by atoms with Crippen LogP contribution in [0.25, 0.3) is 10.3 Å². The molecule has 0 atom stereocenters. The minimum atomic E-state index is -0.580. The predicted octanol–water partition coefficient (Wildman–Crippen LogP) is 5.25. The van der Waals surface area contributed by atoms with Crippen molar-refractivity contribution >= 4 is 61.8 Å².